The van der Waals surface area contributed by atoms with Gasteiger partial charge in [-0.05, 0) is 43.2 Å². The van der Waals surface area contributed by atoms with Crippen molar-refractivity contribution >= 4 is 5.91 Å². The summed E-state index contributed by atoms with van der Waals surface area (Å²) in [6.07, 6.45) is 2.41. The van der Waals surface area contributed by atoms with Gasteiger partial charge in [-0.15, -0.1) is 0 Å². The van der Waals surface area contributed by atoms with Gasteiger partial charge in [0.25, 0.3) is 0 Å². The highest BCUT2D eigenvalue weighted by Crippen LogP contribution is 2.16. The fraction of sp³-hybridized carbons (Fsp3) is 0.375. The third-order valence-electron chi connectivity index (χ3n) is 5.17. The van der Waals surface area contributed by atoms with Crippen molar-refractivity contribution in [2.24, 2.45) is 0 Å². The zero-order valence-corrected chi connectivity index (χ0v) is 16.9. The van der Waals surface area contributed by atoms with E-state index in [0.29, 0.717) is 0 Å². The fourth-order valence-electron chi connectivity index (χ4n) is 3.52. The Morgan fingerprint density at radius 1 is 1.04 bits per heavy atom. The fourth-order valence-corrected chi connectivity index (χ4v) is 3.52. The molecule has 1 aliphatic heterocycles. The summed E-state index contributed by atoms with van der Waals surface area (Å²) in [7, 11) is 0. The van der Waals surface area contributed by atoms with Crippen LogP contribution in [0, 0.1) is 6.92 Å². The van der Waals surface area contributed by atoms with E-state index < -0.39 is 0 Å². The molecule has 1 heterocycles. The molecule has 4 heteroatoms. The molecule has 148 valence electrons. The van der Waals surface area contributed by atoms with Gasteiger partial charge in [0, 0.05) is 39.1 Å². The van der Waals surface area contributed by atoms with Crippen molar-refractivity contribution in [2.75, 3.05) is 26.2 Å². The molecule has 1 atom stereocenters. The van der Waals surface area contributed by atoms with Gasteiger partial charge in [-0.3, -0.25) is 9.69 Å². The molecular formula is C24H30N2O2. The maximum Gasteiger partial charge on any atom is 0.246 e. The van der Waals surface area contributed by atoms with Crippen LogP contribution in [0.3, 0.4) is 0 Å². The number of rotatable bonds is 7. The van der Waals surface area contributed by atoms with Crippen molar-refractivity contribution in [2.45, 2.75) is 32.9 Å². The van der Waals surface area contributed by atoms with Crippen LogP contribution >= 0.6 is 0 Å². The smallest absolute Gasteiger partial charge is 0.246 e. The maximum atomic E-state index is 11.7. The van der Waals surface area contributed by atoms with E-state index in [1.54, 1.807) is 0 Å². The van der Waals surface area contributed by atoms with Crippen molar-refractivity contribution in [3.8, 4) is 5.75 Å². The first-order valence-electron chi connectivity index (χ1n) is 9.98. The number of nitrogens with zero attached hydrogens (tertiary/aromatic N) is 2. The summed E-state index contributed by atoms with van der Waals surface area (Å²) in [6.45, 7) is 12.0. The third kappa shape index (κ3) is 5.70. The lowest BCUT2D eigenvalue weighted by Crippen LogP contribution is -2.47. The summed E-state index contributed by atoms with van der Waals surface area (Å²) in [5.74, 6) is 0.953. The highest BCUT2D eigenvalue weighted by molar-refractivity contribution is 5.87. The minimum absolute atomic E-state index is 0.0333. The molecule has 1 unspecified atom stereocenters. The Bertz CT molecular complexity index is 775. The molecular weight excluding hydrogens is 348 g/mol. The third-order valence-corrected chi connectivity index (χ3v) is 5.17. The Morgan fingerprint density at radius 2 is 1.64 bits per heavy atom. The van der Waals surface area contributed by atoms with Gasteiger partial charge in [0.2, 0.25) is 5.91 Å². The van der Waals surface area contributed by atoms with E-state index in [4.69, 9.17) is 4.74 Å². The topological polar surface area (TPSA) is 32.8 Å². The lowest BCUT2D eigenvalue weighted by Gasteiger charge is -2.34. The van der Waals surface area contributed by atoms with Crippen LogP contribution in [0.5, 0.6) is 5.75 Å². The first-order chi connectivity index (χ1) is 13.5. The second-order valence-corrected chi connectivity index (χ2v) is 7.57. The molecule has 4 nitrogen and oxygen atoms in total. The van der Waals surface area contributed by atoms with E-state index in [9.17, 15) is 4.79 Å². The van der Waals surface area contributed by atoms with Gasteiger partial charge in [-0.25, -0.2) is 0 Å². The van der Waals surface area contributed by atoms with Crippen LogP contribution in [0.4, 0.5) is 0 Å². The quantitative estimate of drug-likeness (QED) is 0.687. The van der Waals surface area contributed by atoms with E-state index in [2.05, 4.69) is 61.7 Å². The highest BCUT2D eigenvalue weighted by Gasteiger charge is 2.19. The van der Waals surface area contributed by atoms with Gasteiger partial charge >= 0.3 is 0 Å². The monoisotopic (exact) mass is 378 g/mol. The molecule has 0 aromatic heterocycles. The van der Waals surface area contributed by atoms with Crippen molar-refractivity contribution in [1.29, 1.82) is 0 Å². The van der Waals surface area contributed by atoms with Gasteiger partial charge in [-0.1, -0.05) is 48.5 Å². The van der Waals surface area contributed by atoms with Gasteiger partial charge in [-0.2, -0.15) is 0 Å². The van der Waals surface area contributed by atoms with Gasteiger partial charge in [0.15, 0.2) is 0 Å². The number of hydrogen-bond donors (Lipinski definition) is 0. The molecule has 0 spiro atoms. The average molecular weight is 379 g/mol. The number of hydrogen-bond acceptors (Lipinski definition) is 3. The van der Waals surface area contributed by atoms with Crippen LogP contribution in [-0.4, -0.2) is 48.0 Å². The molecule has 1 fully saturated rings. The molecule has 0 N–H and O–H groups in total. The second kappa shape index (κ2) is 9.56. The van der Waals surface area contributed by atoms with Gasteiger partial charge in [0.05, 0.1) is 6.10 Å². The largest absolute Gasteiger partial charge is 0.490 e. The number of benzene rings is 2. The summed E-state index contributed by atoms with van der Waals surface area (Å²) >= 11 is 0. The second-order valence-electron chi connectivity index (χ2n) is 7.57. The lowest BCUT2D eigenvalue weighted by molar-refractivity contribution is -0.127. The molecule has 0 saturated carbocycles. The highest BCUT2D eigenvalue weighted by atomic mass is 16.5. The standard InChI is InChI=1S/C24H30N2O2/c1-4-24(27)26-15-13-25(14-16-26)18-22-9-7-21(8-10-22)17-20(3)28-23-11-5-19(2)6-12-23/h4-12,20H,1,13-18H2,2-3H3. The van der Waals surface area contributed by atoms with Crippen LogP contribution in [0.15, 0.2) is 61.2 Å². The molecule has 1 saturated heterocycles. The van der Waals surface area contributed by atoms with E-state index >= 15 is 0 Å². The Morgan fingerprint density at radius 3 is 2.25 bits per heavy atom. The maximum absolute atomic E-state index is 11.7. The zero-order valence-electron chi connectivity index (χ0n) is 16.9. The van der Waals surface area contributed by atoms with Crippen molar-refractivity contribution in [1.82, 2.24) is 9.80 Å². The summed E-state index contributed by atoms with van der Waals surface area (Å²) in [5, 5.41) is 0. The molecule has 28 heavy (non-hydrogen) atoms. The van der Waals surface area contributed by atoms with E-state index in [-0.39, 0.29) is 12.0 Å². The molecule has 2 aromatic carbocycles. The number of piperazine rings is 1. The van der Waals surface area contributed by atoms with E-state index in [0.717, 1.165) is 44.9 Å². The molecule has 2 aromatic rings. The van der Waals surface area contributed by atoms with Crippen molar-refractivity contribution in [3.63, 3.8) is 0 Å². The minimum atomic E-state index is 0.0333. The van der Waals surface area contributed by atoms with Crippen LogP contribution < -0.4 is 4.74 Å². The lowest BCUT2D eigenvalue weighted by atomic mass is 10.1. The Balaban J connectivity index is 1.46. The Kier molecular flexibility index (Phi) is 6.88. The normalized spacial score (nSPS) is 15.9. The number of carbonyl (C=O) groups is 1. The minimum Gasteiger partial charge on any atom is -0.490 e. The summed E-state index contributed by atoms with van der Waals surface area (Å²) in [5.41, 5.74) is 3.83. The van der Waals surface area contributed by atoms with Crippen LogP contribution in [0.1, 0.15) is 23.6 Å². The van der Waals surface area contributed by atoms with Crippen molar-refractivity contribution < 1.29 is 9.53 Å². The number of ether oxygens (including phenoxy) is 1. The average Bonchev–Trinajstić information content (AvgIpc) is 2.71. The zero-order chi connectivity index (χ0) is 19.9. The van der Waals surface area contributed by atoms with Crippen LogP contribution in [0.25, 0.3) is 0 Å². The van der Waals surface area contributed by atoms with Gasteiger partial charge in [0.1, 0.15) is 5.75 Å². The summed E-state index contributed by atoms with van der Waals surface area (Å²) in [4.78, 5) is 15.9. The predicted octanol–water partition coefficient (Wildman–Crippen LogP) is 3.84. The number of carbonyl (C=O) groups excluding carboxylic acids is 1. The number of amides is 1. The summed E-state index contributed by atoms with van der Waals surface area (Å²) in [6, 6.07) is 17.0. The van der Waals surface area contributed by atoms with Crippen LogP contribution in [0.2, 0.25) is 0 Å². The van der Waals surface area contributed by atoms with Crippen LogP contribution in [-0.2, 0) is 17.8 Å². The predicted molar refractivity (Wildman–Crippen MR) is 113 cm³/mol. The molecule has 0 bridgehead atoms. The SMILES string of the molecule is C=CC(=O)N1CCN(Cc2ccc(CC(C)Oc3ccc(C)cc3)cc2)CC1. The van der Waals surface area contributed by atoms with Crippen molar-refractivity contribution in [3.05, 3.63) is 77.9 Å². The Hall–Kier alpha value is -2.59. The molecule has 1 amide bonds. The first-order valence-corrected chi connectivity index (χ1v) is 9.98. The van der Waals surface area contributed by atoms with E-state index in [1.807, 2.05) is 17.0 Å². The molecule has 0 radical (unpaired) electrons. The summed E-state index contributed by atoms with van der Waals surface area (Å²) < 4.78 is 6.02. The molecule has 3 rings (SSSR count). The first kappa shape index (κ1) is 20.2. The van der Waals surface area contributed by atoms with E-state index in [1.165, 1.54) is 22.8 Å². The molecule has 0 aliphatic carbocycles. The number of aryl methyl sites for hydroxylation is 1. The molecule has 1 aliphatic rings. The van der Waals surface area contributed by atoms with Gasteiger partial charge < -0.3 is 9.64 Å². The Labute approximate surface area is 168 Å².